The lowest BCUT2D eigenvalue weighted by Crippen LogP contribution is -2.37. The quantitative estimate of drug-likeness (QED) is 0.807. The first-order chi connectivity index (χ1) is 12.6. The SMILES string of the molecule is O=C(Cn1[nH]c(=O)c2ccccc2c1=O)OCC(=O)N1CCCCCC1. The van der Waals surface area contributed by atoms with Crippen molar-refractivity contribution < 1.29 is 14.3 Å². The number of nitrogens with one attached hydrogen (secondary N) is 1. The number of aromatic nitrogens is 2. The van der Waals surface area contributed by atoms with Gasteiger partial charge >= 0.3 is 5.97 Å². The van der Waals surface area contributed by atoms with Crippen LogP contribution in [-0.2, 0) is 20.9 Å². The first-order valence-corrected chi connectivity index (χ1v) is 8.71. The predicted molar refractivity (Wildman–Crippen MR) is 94.8 cm³/mol. The monoisotopic (exact) mass is 359 g/mol. The Morgan fingerprint density at radius 2 is 1.65 bits per heavy atom. The van der Waals surface area contributed by atoms with E-state index in [1.165, 1.54) is 12.1 Å². The number of hydrogen-bond acceptors (Lipinski definition) is 5. The molecule has 1 aliphatic heterocycles. The summed E-state index contributed by atoms with van der Waals surface area (Å²) in [6.07, 6.45) is 4.10. The van der Waals surface area contributed by atoms with E-state index in [0.717, 1.165) is 30.4 Å². The van der Waals surface area contributed by atoms with Crippen molar-refractivity contribution in [2.24, 2.45) is 0 Å². The fourth-order valence-electron chi connectivity index (χ4n) is 3.09. The van der Waals surface area contributed by atoms with Gasteiger partial charge in [-0.25, -0.2) is 4.68 Å². The second kappa shape index (κ2) is 7.99. The lowest BCUT2D eigenvalue weighted by atomic mass is 10.2. The van der Waals surface area contributed by atoms with Crippen molar-refractivity contribution in [3.63, 3.8) is 0 Å². The van der Waals surface area contributed by atoms with Crippen molar-refractivity contribution in [1.29, 1.82) is 0 Å². The first-order valence-electron chi connectivity index (χ1n) is 8.71. The molecule has 26 heavy (non-hydrogen) atoms. The smallest absolute Gasteiger partial charge is 0.328 e. The van der Waals surface area contributed by atoms with Crippen LogP contribution in [0.2, 0.25) is 0 Å². The summed E-state index contributed by atoms with van der Waals surface area (Å²) in [7, 11) is 0. The number of ether oxygens (including phenoxy) is 1. The third-order valence-corrected chi connectivity index (χ3v) is 4.49. The Kier molecular flexibility index (Phi) is 5.50. The van der Waals surface area contributed by atoms with Crippen LogP contribution < -0.4 is 11.1 Å². The summed E-state index contributed by atoms with van der Waals surface area (Å²) in [6.45, 7) is 0.541. The van der Waals surface area contributed by atoms with E-state index in [1.807, 2.05) is 0 Å². The molecule has 0 aliphatic carbocycles. The molecule has 1 N–H and O–H groups in total. The molecule has 1 aromatic carbocycles. The minimum absolute atomic E-state index is 0.227. The molecule has 1 aromatic heterocycles. The number of hydrogen-bond donors (Lipinski definition) is 1. The predicted octanol–water partition coefficient (Wildman–Crippen LogP) is 0.636. The lowest BCUT2D eigenvalue weighted by Gasteiger charge is -2.19. The second-order valence-electron chi connectivity index (χ2n) is 6.33. The van der Waals surface area contributed by atoms with Crippen molar-refractivity contribution in [3.05, 3.63) is 45.0 Å². The number of carbonyl (C=O) groups is 2. The van der Waals surface area contributed by atoms with Gasteiger partial charge in [-0.05, 0) is 25.0 Å². The molecule has 138 valence electrons. The maximum atomic E-state index is 12.3. The van der Waals surface area contributed by atoms with Crippen LogP contribution in [0.15, 0.2) is 33.9 Å². The Balaban J connectivity index is 1.64. The first kappa shape index (κ1) is 17.9. The van der Waals surface area contributed by atoms with E-state index < -0.39 is 23.6 Å². The van der Waals surface area contributed by atoms with Crippen LogP contribution in [0, 0.1) is 0 Å². The molecule has 0 saturated carbocycles. The van der Waals surface area contributed by atoms with Crippen LogP contribution in [0.1, 0.15) is 25.7 Å². The highest BCUT2D eigenvalue weighted by molar-refractivity contribution is 5.82. The van der Waals surface area contributed by atoms with Gasteiger partial charge < -0.3 is 9.64 Å². The summed E-state index contributed by atoms with van der Waals surface area (Å²) in [5.41, 5.74) is -0.954. The minimum Gasteiger partial charge on any atom is -0.454 e. The molecule has 1 amide bonds. The largest absolute Gasteiger partial charge is 0.454 e. The number of amides is 1. The zero-order valence-electron chi connectivity index (χ0n) is 14.4. The van der Waals surface area contributed by atoms with E-state index in [9.17, 15) is 19.2 Å². The minimum atomic E-state index is -0.749. The fraction of sp³-hybridized carbons (Fsp3) is 0.444. The Hall–Kier alpha value is -2.90. The molecule has 1 fully saturated rings. The maximum absolute atomic E-state index is 12.3. The van der Waals surface area contributed by atoms with Crippen molar-refractivity contribution >= 4 is 22.6 Å². The number of H-pyrrole nitrogens is 1. The van der Waals surface area contributed by atoms with Gasteiger partial charge in [0.15, 0.2) is 6.61 Å². The summed E-state index contributed by atoms with van der Waals surface area (Å²) in [6, 6.07) is 6.37. The molecule has 8 nitrogen and oxygen atoms in total. The molecule has 0 spiro atoms. The number of rotatable bonds is 4. The van der Waals surface area contributed by atoms with Crippen LogP contribution in [0.3, 0.4) is 0 Å². The molecule has 0 atom stereocenters. The Morgan fingerprint density at radius 3 is 2.35 bits per heavy atom. The van der Waals surface area contributed by atoms with Gasteiger partial charge in [0, 0.05) is 13.1 Å². The summed E-state index contributed by atoms with van der Waals surface area (Å²) in [4.78, 5) is 50.2. The molecule has 8 heteroatoms. The zero-order valence-corrected chi connectivity index (χ0v) is 14.4. The number of benzene rings is 1. The molecular formula is C18H21N3O5. The van der Waals surface area contributed by atoms with Crippen molar-refractivity contribution in [2.45, 2.75) is 32.2 Å². The van der Waals surface area contributed by atoms with Gasteiger partial charge in [-0.3, -0.25) is 24.3 Å². The summed E-state index contributed by atoms with van der Waals surface area (Å²) < 4.78 is 5.90. The average molecular weight is 359 g/mol. The molecule has 0 unspecified atom stereocenters. The fourth-order valence-corrected chi connectivity index (χ4v) is 3.09. The zero-order chi connectivity index (χ0) is 18.5. The van der Waals surface area contributed by atoms with E-state index >= 15 is 0 Å². The van der Waals surface area contributed by atoms with Crippen molar-refractivity contribution in [2.75, 3.05) is 19.7 Å². The van der Waals surface area contributed by atoms with Crippen LogP contribution in [0.5, 0.6) is 0 Å². The van der Waals surface area contributed by atoms with E-state index in [1.54, 1.807) is 17.0 Å². The molecule has 2 heterocycles. The summed E-state index contributed by atoms with van der Waals surface area (Å²) in [5, 5.41) is 2.85. The van der Waals surface area contributed by atoms with E-state index in [0.29, 0.717) is 13.1 Å². The standard InChI is InChI=1S/C18H21N3O5/c22-15(20-9-5-1-2-6-10-20)12-26-16(23)11-21-18(25)14-8-4-3-7-13(14)17(24)19-21/h3-4,7-8H,1-2,5-6,9-12H2,(H,19,24). The number of esters is 1. The van der Waals surface area contributed by atoms with Gasteiger partial charge in [0.2, 0.25) is 0 Å². The number of fused-ring (bicyclic) bond motifs is 1. The molecule has 0 radical (unpaired) electrons. The highest BCUT2D eigenvalue weighted by Gasteiger charge is 2.18. The van der Waals surface area contributed by atoms with Crippen molar-refractivity contribution in [3.8, 4) is 0 Å². The molecule has 3 rings (SSSR count). The highest BCUT2D eigenvalue weighted by atomic mass is 16.5. The van der Waals surface area contributed by atoms with Gasteiger partial charge in [-0.15, -0.1) is 0 Å². The molecule has 1 aliphatic rings. The normalized spacial score (nSPS) is 14.8. The van der Waals surface area contributed by atoms with Crippen LogP contribution in [0.4, 0.5) is 0 Å². The van der Waals surface area contributed by atoms with E-state index in [4.69, 9.17) is 4.74 Å². The van der Waals surface area contributed by atoms with Gasteiger partial charge in [0.05, 0.1) is 10.8 Å². The van der Waals surface area contributed by atoms with E-state index in [-0.39, 0.29) is 23.3 Å². The number of likely N-dealkylation sites (tertiary alicyclic amines) is 1. The van der Waals surface area contributed by atoms with Crippen LogP contribution >= 0.6 is 0 Å². The third-order valence-electron chi connectivity index (χ3n) is 4.49. The number of nitrogens with zero attached hydrogens (tertiary/aromatic N) is 2. The van der Waals surface area contributed by atoms with Gasteiger partial charge in [-0.2, -0.15) is 0 Å². The van der Waals surface area contributed by atoms with Gasteiger partial charge in [-0.1, -0.05) is 25.0 Å². The molecular weight excluding hydrogens is 338 g/mol. The molecule has 1 saturated heterocycles. The Labute approximate surface area is 149 Å². The van der Waals surface area contributed by atoms with E-state index in [2.05, 4.69) is 5.10 Å². The van der Waals surface area contributed by atoms with Crippen LogP contribution in [0.25, 0.3) is 10.8 Å². The van der Waals surface area contributed by atoms with Crippen LogP contribution in [-0.4, -0.2) is 46.3 Å². The topological polar surface area (TPSA) is 101 Å². The average Bonchev–Trinajstić information content (AvgIpc) is 2.93. The Morgan fingerprint density at radius 1 is 1.00 bits per heavy atom. The number of aromatic amines is 1. The summed E-state index contributed by atoms with van der Waals surface area (Å²) >= 11 is 0. The number of carbonyl (C=O) groups excluding carboxylic acids is 2. The van der Waals surface area contributed by atoms with Gasteiger partial charge in [0.1, 0.15) is 6.54 Å². The van der Waals surface area contributed by atoms with Crippen molar-refractivity contribution in [1.82, 2.24) is 14.7 Å². The summed E-state index contributed by atoms with van der Waals surface area (Å²) in [5.74, 6) is -0.985. The third kappa shape index (κ3) is 4.01. The highest BCUT2D eigenvalue weighted by Crippen LogP contribution is 2.09. The lowest BCUT2D eigenvalue weighted by molar-refractivity contribution is -0.152. The molecule has 2 aromatic rings. The Bertz CT molecular complexity index is 922. The van der Waals surface area contributed by atoms with Gasteiger partial charge in [0.25, 0.3) is 17.0 Å². The molecule has 0 bridgehead atoms. The second-order valence-corrected chi connectivity index (χ2v) is 6.33. The maximum Gasteiger partial charge on any atom is 0.328 e.